The Bertz CT molecular complexity index is 1470. The van der Waals surface area contributed by atoms with Gasteiger partial charge >= 0.3 is 0 Å². The van der Waals surface area contributed by atoms with Crippen molar-refractivity contribution in [3.05, 3.63) is 89.1 Å². The van der Waals surface area contributed by atoms with Crippen molar-refractivity contribution in [2.75, 3.05) is 5.32 Å². The molecule has 0 saturated heterocycles. The topological polar surface area (TPSA) is 77.1 Å². The maximum absolute atomic E-state index is 12.8. The first-order chi connectivity index (χ1) is 15.5. The van der Waals surface area contributed by atoms with Gasteiger partial charge in [0.25, 0.3) is 5.91 Å². The van der Waals surface area contributed by atoms with Crippen LogP contribution in [0.5, 0.6) is 0 Å². The van der Waals surface area contributed by atoms with Crippen molar-refractivity contribution < 1.29 is 4.79 Å². The third kappa shape index (κ3) is 3.42. The summed E-state index contributed by atoms with van der Waals surface area (Å²) >= 11 is 6.40. The van der Waals surface area contributed by atoms with E-state index in [9.17, 15) is 4.79 Å². The number of benzene rings is 2. The summed E-state index contributed by atoms with van der Waals surface area (Å²) in [5.41, 5.74) is 5.65. The number of nitrogens with zero attached hydrogens (tertiary/aromatic N) is 5. The molecular formula is C24H19ClN6O. The quantitative estimate of drug-likeness (QED) is 0.424. The Morgan fingerprint density at radius 3 is 2.62 bits per heavy atom. The van der Waals surface area contributed by atoms with Crippen LogP contribution in [0.4, 0.5) is 5.82 Å². The highest BCUT2D eigenvalue weighted by Crippen LogP contribution is 2.32. The number of aromatic nitrogens is 5. The van der Waals surface area contributed by atoms with Crippen LogP contribution in [0.3, 0.4) is 0 Å². The largest absolute Gasteiger partial charge is 0.307 e. The molecule has 0 aliphatic carbocycles. The van der Waals surface area contributed by atoms with Crippen LogP contribution in [0.15, 0.2) is 72.9 Å². The Morgan fingerprint density at radius 1 is 1.00 bits per heavy atom. The summed E-state index contributed by atoms with van der Waals surface area (Å²) in [5, 5.41) is 16.4. The molecule has 7 nitrogen and oxygen atoms in total. The van der Waals surface area contributed by atoms with Gasteiger partial charge in [-0.25, -0.2) is 4.52 Å². The fraction of sp³-hybridized carbons (Fsp3) is 0.0833. The molecule has 2 aromatic carbocycles. The van der Waals surface area contributed by atoms with E-state index < -0.39 is 0 Å². The van der Waals surface area contributed by atoms with Gasteiger partial charge in [-0.2, -0.15) is 5.10 Å². The number of amides is 1. The second-order valence-electron chi connectivity index (χ2n) is 7.45. The van der Waals surface area contributed by atoms with E-state index >= 15 is 0 Å². The Balaban J connectivity index is 1.59. The second-order valence-corrected chi connectivity index (χ2v) is 7.86. The molecule has 0 bridgehead atoms. The molecule has 5 aromatic rings. The van der Waals surface area contributed by atoms with E-state index in [1.807, 2.05) is 61.5 Å². The number of fused-ring (bicyclic) bond motifs is 1. The predicted octanol–water partition coefficient (Wildman–Crippen LogP) is 5.01. The number of pyridine rings is 1. The van der Waals surface area contributed by atoms with Crippen LogP contribution in [0.1, 0.15) is 15.9 Å². The third-order valence-electron chi connectivity index (χ3n) is 5.41. The van der Waals surface area contributed by atoms with Gasteiger partial charge in [-0.1, -0.05) is 47.1 Å². The Morgan fingerprint density at radius 2 is 1.84 bits per heavy atom. The summed E-state index contributed by atoms with van der Waals surface area (Å²) in [7, 11) is 1.78. The molecule has 1 N–H and O–H groups in total. The van der Waals surface area contributed by atoms with Crippen LogP contribution < -0.4 is 5.32 Å². The monoisotopic (exact) mass is 442 g/mol. The number of carbonyl (C=O) groups is 1. The first-order valence-electron chi connectivity index (χ1n) is 10.0. The lowest BCUT2D eigenvalue weighted by molar-refractivity contribution is 0.102. The lowest BCUT2D eigenvalue weighted by Crippen LogP contribution is -2.14. The third-order valence-corrected chi connectivity index (χ3v) is 5.74. The van der Waals surface area contributed by atoms with E-state index in [1.54, 1.807) is 34.6 Å². The molecule has 1 amide bonds. The zero-order valence-corrected chi connectivity index (χ0v) is 18.2. The van der Waals surface area contributed by atoms with E-state index in [0.717, 1.165) is 27.9 Å². The minimum Gasteiger partial charge on any atom is -0.307 e. The maximum Gasteiger partial charge on any atom is 0.256 e. The van der Waals surface area contributed by atoms with Crippen molar-refractivity contribution in [2.24, 2.45) is 7.05 Å². The van der Waals surface area contributed by atoms with Crippen LogP contribution in [0, 0.1) is 6.92 Å². The lowest BCUT2D eigenvalue weighted by atomic mass is 10.0. The van der Waals surface area contributed by atoms with Gasteiger partial charge in [0.2, 0.25) is 0 Å². The first-order valence-corrected chi connectivity index (χ1v) is 10.4. The predicted molar refractivity (Wildman–Crippen MR) is 125 cm³/mol. The smallest absolute Gasteiger partial charge is 0.256 e. The van der Waals surface area contributed by atoms with Crippen LogP contribution in [0.25, 0.3) is 28.0 Å². The Kier molecular flexibility index (Phi) is 4.95. The molecule has 5 rings (SSSR count). The van der Waals surface area contributed by atoms with Gasteiger partial charge < -0.3 is 5.32 Å². The average molecular weight is 443 g/mol. The van der Waals surface area contributed by atoms with Crippen LogP contribution >= 0.6 is 11.6 Å². The summed E-state index contributed by atoms with van der Waals surface area (Å²) in [4.78, 5) is 12.8. The minimum atomic E-state index is -0.211. The van der Waals surface area contributed by atoms with Crippen molar-refractivity contribution in [1.29, 1.82) is 0 Å². The summed E-state index contributed by atoms with van der Waals surface area (Å²) in [5.74, 6) is 0.414. The van der Waals surface area contributed by atoms with Crippen molar-refractivity contribution >= 4 is 28.8 Å². The van der Waals surface area contributed by atoms with Crippen LogP contribution in [-0.4, -0.2) is 30.5 Å². The normalized spacial score (nSPS) is 11.1. The van der Waals surface area contributed by atoms with Gasteiger partial charge in [0.15, 0.2) is 0 Å². The fourth-order valence-corrected chi connectivity index (χ4v) is 3.92. The molecule has 3 aromatic heterocycles. The van der Waals surface area contributed by atoms with E-state index in [0.29, 0.717) is 22.1 Å². The molecule has 158 valence electrons. The van der Waals surface area contributed by atoms with E-state index in [1.165, 1.54) is 0 Å². The molecule has 0 radical (unpaired) electrons. The van der Waals surface area contributed by atoms with Gasteiger partial charge in [0.05, 0.1) is 22.4 Å². The number of carbonyl (C=O) groups excluding carboxylic acids is 1. The van der Waals surface area contributed by atoms with E-state index in [-0.39, 0.29) is 5.91 Å². The molecule has 8 heteroatoms. The van der Waals surface area contributed by atoms with Gasteiger partial charge in [-0.15, -0.1) is 5.10 Å². The van der Waals surface area contributed by atoms with Crippen molar-refractivity contribution in [3.8, 4) is 22.5 Å². The summed E-state index contributed by atoms with van der Waals surface area (Å²) in [6.45, 7) is 2.00. The number of hydrogen-bond donors (Lipinski definition) is 1. The SMILES string of the molecule is Cc1ccc(C(=O)Nc2ccnn2C)cc1-c1cccc2c(-c3ccccc3Cl)nnn12. The number of nitrogens with one attached hydrogen (secondary N) is 1. The highest BCUT2D eigenvalue weighted by atomic mass is 35.5. The van der Waals surface area contributed by atoms with Gasteiger partial charge in [-0.05, 0) is 42.8 Å². The fourth-order valence-electron chi connectivity index (χ4n) is 3.69. The maximum atomic E-state index is 12.8. The standard InChI is InChI=1S/C24H19ClN6O/c1-15-10-11-16(24(32)27-22-12-13-26-30(22)2)14-18(15)20-8-5-9-21-23(28-29-31(20)21)17-6-3-4-7-19(17)25/h3-14H,1-2H3,(H,27,32). The van der Waals surface area contributed by atoms with Crippen LogP contribution in [-0.2, 0) is 7.05 Å². The summed E-state index contributed by atoms with van der Waals surface area (Å²) in [6, 6.07) is 20.8. The number of aryl methyl sites for hydroxylation is 2. The number of rotatable bonds is 4. The highest BCUT2D eigenvalue weighted by molar-refractivity contribution is 6.33. The number of anilines is 1. The molecule has 0 fully saturated rings. The molecule has 32 heavy (non-hydrogen) atoms. The van der Waals surface area contributed by atoms with Crippen LogP contribution in [0.2, 0.25) is 5.02 Å². The molecule has 0 aliphatic rings. The first kappa shape index (κ1) is 20.0. The molecule has 0 saturated carbocycles. The number of hydrogen-bond acceptors (Lipinski definition) is 4. The second kappa shape index (κ2) is 7.94. The Hall–Kier alpha value is -3.97. The zero-order valence-electron chi connectivity index (χ0n) is 17.5. The van der Waals surface area contributed by atoms with Gasteiger partial charge in [-0.3, -0.25) is 9.48 Å². The van der Waals surface area contributed by atoms with E-state index in [4.69, 9.17) is 11.6 Å². The van der Waals surface area contributed by atoms with Gasteiger partial charge in [0.1, 0.15) is 11.5 Å². The zero-order chi connectivity index (χ0) is 22.2. The summed E-state index contributed by atoms with van der Waals surface area (Å²) < 4.78 is 3.39. The molecule has 0 atom stereocenters. The summed E-state index contributed by atoms with van der Waals surface area (Å²) in [6.07, 6.45) is 1.64. The number of halogens is 1. The minimum absolute atomic E-state index is 0.211. The van der Waals surface area contributed by atoms with E-state index in [2.05, 4.69) is 20.7 Å². The molecule has 0 spiro atoms. The van der Waals surface area contributed by atoms with Gasteiger partial charge in [0, 0.05) is 29.8 Å². The van der Waals surface area contributed by atoms with Crippen molar-refractivity contribution in [3.63, 3.8) is 0 Å². The van der Waals surface area contributed by atoms with Crippen molar-refractivity contribution in [1.82, 2.24) is 24.6 Å². The molecule has 0 aliphatic heterocycles. The Labute approximate surface area is 189 Å². The average Bonchev–Trinajstić information content (AvgIpc) is 3.40. The lowest BCUT2D eigenvalue weighted by Gasteiger charge is -2.11. The van der Waals surface area contributed by atoms with Crippen molar-refractivity contribution in [2.45, 2.75) is 6.92 Å². The molecule has 3 heterocycles. The molecule has 0 unspecified atom stereocenters. The molecular weight excluding hydrogens is 424 g/mol. The highest BCUT2D eigenvalue weighted by Gasteiger charge is 2.17.